The van der Waals surface area contributed by atoms with Crippen molar-refractivity contribution in [2.45, 2.75) is 90.4 Å². The molecule has 0 N–H and O–H groups in total. The molecule has 0 radical (unpaired) electrons. The van der Waals surface area contributed by atoms with Crippen LogP contribution in [-0.4, -0.2) is 4.98 Å². The van der Waals surface area contributed by atoms with Crippen molar-refractivity contribution in [1.29, 1.82) is 0 Å². The van der Waals surface area contributed by atoms with Crippen LogP contribution >= 0.6 is 0 Å². The van der Waals surface area contributed by atoms with E-state index in [1.807, 2.05) is 12.3 Å². The fourth-order valence-electron chi connectivity index (χ4n) is 4.55. The van der Waals surface area contributed by atoms with Crippen LogP contribution < -0.4 is 0 Å². The number of rotatable bonds is 8. The second-order valence-electron chi connectivity index (χ2n) is 8.74. The molecule has 1 nitrogen and oxygen atoms in total. The molecule has 0 bridgehead atoms. The zero-order valence-electron chi connectivity index (χ0n) is 18.4. The van der Waals surface area contributed by atoms with Crippen molar-refractivity contribution in [3.8, 4) is 11.8 Å². The highest BCUT2D eigenvalue weighted by molar-refractivity contribution is 5.41. The molecule has 2 aromatic rings. The summed E-state index contributed by atoms with van der Waals surface area (Å²) in [7, 11) is 0. The summed E-state index contributed by atoms with van der Waals surface area (Å²) < 4.78 is 0. The first-order chi connectivity index (χ1) is 14.3. The lowest BCUT2D eigenvalue weighted by Crippen LogP contribution is -2.13. The highest BCUT2D eigenvalue weighted by atomic mass is 14.7. The Bertz CT molecular complexity index is 768. The van der Waals surface area contributed by atoms with Gasteiger partial charge in [-0.2, -0.15) is 0 Å². The molecule has 0 spiro atoms. The number of hydrogen-bond donors (Lipinski definition) is 0. The first kappa shape index (κ1) is 21.6. The summed E-state index contributed by atoms with van der Waals surface area (Å²) in [6, 6.07) is 13.1. The molecule has 0 atom stereocenters. The predicted octanol–water partition coefficient (Wildman–Crippen LogP) is 7.68. The summed E-state index contributed by atoms with van der Waals surface area (Å²) >= 11 is 0. The molecular weight excluding hydrogens is 350 g/mol. The van der Waals surface area contributed by atoms with E-state index in [1.165, 1.54) is 68.9 Å². The van der Waals surface area contributed by atoms with Gasteiger partial charge in [0.05, 0.1) is 0 Å². The molecule has 1 heteroatoms. The van der Waals surface area contributed by atoms with Crippen LogP contribution in [0.2, 0.25) is 0 Å². The molecule has 0 amide bonds. The third-order valence-electron chi connectivity index (χ3n) is 6.39. The summed E-state index contributed by atoms with van der Waals surface area (Å²) in [5.74, 6) is 8.20. The Morgan fingerprint density at radius 1 is 0.828 bits per heavy atom. The molecule has 1 aliphatic carbocycles. The second-order valence-corrected chi connectivity index (χ2v) is 8.74. The number of hydrogen-bond acceptors (Lipinski definition) is 1. The van der Waals surface area contributed by atoms with Gasteiger partial charge in [-0.25, -0.2) is 4.98 Å². The molecular formula is C28H37N. The Kier molecular flexibility index (Phi) is 8.82. The average Bonchev–Trinajstić information content (AvgIpc) is 2.77. The van der Waals surface area contributed by atoms with Crippen LogP contribution in [0.1, 0.15) is 106 Å². The molecule has 1 aliphatic rings. The zero-order valence-corrected chi connectivity index (χ0v) is 18.4. The van der Waals surface area contributed by atoms with Gasteiger partial charge < -0.3 is 0 Å². The Morgan fingerprint density at radius 3 is 2.28 bits per heavy atom. The van der Waals surface area contributed by atoms with Crippen molar-refractivity contribution >= 4 is 0 Å². The molecule has 1 heterocycles. The van der Waals surface area contributed by atoms with Crippen molar-refractivity contribution < 1.29 is 0 Å². The predicted molar refractivity (Wildman–Crippen MR) is 124 cm³/mol. The number of benzene rings is 1. The minimum Gasteiger partial charge on any atom is -0.248 e. The highest BCUT2D eigenvalue weighted by Gasteiger charge is 2.21. The third kappa shape index (κ3) is 7.04. The van der Waals surface area contributed by atoms with Crippen LogP contribution in [0, 0.1) is 17.8 Å². The van der Waals surface area contributed by atoms with Crippen LogP contribution in [-0.2, 0) is 6.42 Å². The van der Waals surface area contributed by atoms with Crippen LogP contribution in [0.5, 0.6) is 0 Å². The standard InChI is InChI=1S/C28H37N/c1-3-5-6-7-9-23-10-16-26(17-11-23)27-18-12-24(13-19-27)14-20-28-21-15-25(8-4-2)22-29-28/h12-13,15,18-19,21-23,26H,3-11,16-17H2,1-2H3/t23-,26-. The molecule has 1 aromatic carbocycles. The largest absolute Gasteiger partial charge is 0.248 e. The number of aromatic nitrogens is 1. The molecule has 1 aromatic heterocycles. The summed E-state index contributed by atoms with van der Waals surface area (Å²) in [6.45, 7) is 4.49. The van der Waals surface area contributed by atoms with E-state index in [0.29, 0.717) is 0 Å². The van der Waals surface area contributed by atoms with Gasteiger partial charge in [0.2, 0.25) is 0 Å². The molecule has 0 aliphatic heterocycles. The van der Waals surface area contributed by atoms with Crippen molar-refractivity contribution in [2.24, 2.45) is 5.92 Å². The fraction of sp³-hybridized carbons (Fsp3) is 0.536. The Balaban J connectivity index is 1.48. The number of nitrogens with zero attached hydrogens (tertiary/aromatic N) is 1. The highest BCUT2D eigenvalue weighted by Crippen LogP contribution is 2.37. The van der Waals surface area contributed by atoms with Gasteiger partial charge >= 0.3 is 0 Å². The van der Waals surface area contributed by atoms with Gasteiger partial charge in [-0.1, -0.05) is 76.5 Å². The van der Waals surface area contributed by atoms with E-state index in [-0.39, 0.29) is 0 Å². The SMILES string of the molecule is CCCCCC[C@H]1CC[C@H](c2ccc(C#Cc3ccc(CCC)cn3)cc2)CC1. The van der Waals surface area contributed by atoms with Gasteiger partial charge in [0.15, 0.2) is 0 Å². The van der Waals surface area contributed by atoms with Gasteiger partial charge in [0, 0.05) is 11.8 Å². The Labute approximate surface area is 178 Å². The monoisotopic (exact) mass is 387 g/mol. The zero-order chi connectivity index (χ0) is 20.3. The minimum atomic E-state index is 0.747. The topological polar surface area (TPSA) is 12.9 Å². The van der Waals surface area contributed by atoms with Gasteiger partial charge in [0.25, 0.3) is 0 Å². The number of aryl methyl sites for hydroxylation is 1. The number of pyridine rings is 1. The maximum absolute atomic E-state index is 4.47. The van der Waals surface area contributed by atoms with Crippen LogP contribution in [0.3, 0.4) is 0 Å². The smallest absolute Gasteiger partial charge is 0.113 e. The van der Waals surface area contributed by atoms with E-state index in [0.717, 1.165) is 35.9 Å². The van der Waals surface area contributed by atoms with Crippen LogP contribution in [0.4, 0.5) is 0 Å². The van der Waals surface area contributed by atoms with E-state index in [4.69, 9.17) is 0 Å². The van der Waals surface area contributed by atoms with Gasteiger partial charge in [0.1, 0.15) is 5.69 Å². The second kappa shape index (κ2) is 11.8. The van der Waals surface area contributed by atoms with E-state index >= 15 is 0 Å². The van der Waals surface area contributed by atoms with E-state index in [2.05, 4.69) is 61.0 Å². The molecule has 1 saturated carbocycles. The molecule has 29 heavy (non-hydrogen) atoms. The van der Waals surface area contributed by atoms with Crippen molar-refractivity contribution in [2.75, 3.05) is 0 Å². The number of unbranched alkanes of at least 4 members (excludes halogenated alkanes) is 3. The minimum absolute atomic E-state index is 0.747. The summed E-state index contributed by atoms with van der Waals surface area (Å²) in [6.07, 6.45) is 16.8. The normalized spacial score (nSPS) is 18.8. The van der Waals surface area contributed by atoms with Gasteiger partial charge in [-0.15, -0.1) is 0 Å². The summed E-state index contributed by atoms with van der Waals surface area (Å²) in [5, 5.41) is 0. The van der Waals surface area contributed by atoms with Crippen molar-refractivity contribution in [1.82, 2.24) is 4.98 Å². The lowest BCUT2D eigenvalue weighted by molar-refractivity contribution is 0.302. The molecule has 0 saturated heterocycles. The first-order valence-corrected chi connectivity index (χ1v) is 11.9. The fourth-order valence-corrected chi connectivity index (χ4v) is 4.55. The third-order valence-corrected chi connectivity index (χ3v) is 6.39. The molecule has 0 unspecified atom stereocenters. The Morgan fingerprint density at radius 2 is 1.62 bits per heavy atom. The van der Waals surface area contributed by atoms with E-state index in [1.54, 1.807) is 0 Å². The van der Waals surface area contributed by atoms with E-state index in [9.17, 15) is 0 Å². The van der Waals surface area contributed by atoms with E-state index < -0.39 is 0 Å². The Hall–Kier alpha value is -2.07. The lowest BCUT2D eigenvalue weighted by Gasteiger charge is -2.29. The lowest BCUT2D eigenvalue weighted by atomic mass is 9.77. The summed E-state index contributed by atoms with van der Waals surface area (Å²) in [4.78, 5) is 4.47. The molecule has 3 rings (SSSR count). The quantitative estimate of drug-likeness (QED) is 0.334. The van der Waals surface area contributed by atoms with Crippen molar-refractivity contribution in [3.05, 3.63) is 65.0 Å². The van der Waals surface area contributed by atoms with Crippen LogP contribution in [0.15, 0.2) is 42.6 Å². The average molecular weight is 388 g/mol. The maximum atomic E-state index is 4.47. The van der Waals surface area contributed by atoms with Gasteiger partial charge in [-0.3, -0.25) is 0 Å². The molecule has 154 valence electrons. The molecule has 1 fully saturated rings. The van der Waals surface area contributed by atoms with Crippen molar-refractivity contribution in [3.63, 3.8) is 0 Å². The summed E-state index contributed by atoms with van der Waals surface area (Å²) in [5.41, 5.74) is 4.73. The van der Waals surface area contributed by atoms with Gasteiger partial charge in [-0.05, 0) is 79.2 Å². The van der Waals surface area contributed by atoms with Crippen LogP contribution in [0.25, 0.3) is 0 Å². The first-order valence-electron chi connectivity index (χ1n) is 11.9. The maximum Gasteiger partial charge on any atom is 0.113 e.